The molecule has 0 spiro atoms. The molecule has 0 aromatic heterocycles. The first kappa shape index (κ1) is 10.1. The first-order valence-corrected chi connectivity index (χ1v) is 6.46. The number of ether oxygens (including phenoxy) is 3. The summed E-state index contributed by atoms with van der Waals surface area (Å²) in [5.74, 6) is -3.11. The number of allylic oxidation sites excluding steroid dienone is 2. The molecular formula is C13H10O6. The fraction of sp³-hybridized carbons (Fsp3) is 0.615. The lowest BCUT2D eigenvalue weighted by Crippen LogP contribution is -2.56. The largest absolute Gasteiger partial charge is 0.433 e. The first-order chi connectivity index (χ1) is 9.16. The Morgan fingerprint density at radius 1 is 0.842 bits per heavy atom. The Balaban J connectivity index is 1.66. The Kier molecular flexibility index (Phi) is 1.55. The van der Waals surface area contributed by atoms with Crippen LogP contribution in [0, 0.1) is 35.5 Å². The highest BCUT2D eigenvalue weighted by atomic mass is 16.8. The van der Waals surface area contributed by atoms with Crippen LogP contribution in [-0.4, -0.2) is 30.3 Å². The summed E-state index contributed by atoms with van der Waals surface area (Å²) in [7, 11) is 0. The van der Waals surface area contributed by atoms with E-state index < -0.39 is 30.1 Å². The monoisotopic (exact) mass is 262 g/mol. The number of cyclic esters (lactones) is 2. The average Bonchev–Trinajstić information content (AvgIpc) is 3.10. The highest BCUT2D eigenvalue weighted by Crippen LogP contribution is 2.60. The van der Waals surface area contributed by atoms with E-state index in [1.54, 1.807) is 0 Å². The summed E-state index contributed by atoms with van der Waals surface area (Å²) >= 11 is 0. The fourth-order valence-corrected chi connectivity index (χ4v) is 4.43. The number of rotatable bonds is 0. The van der Waals surface area contributed by atoms with Crippen LogP contribution in [0.4, 0.5) is 0 Å². The van der Waals surface area contributed by atoms with Crippen molar-refractivity contribution in [2.75, 3.05) is 0 Å². The Morgan fingerprint density at radius 2 is 1.53 bits per heavy atom. The fourth-order valence-electron chi connectivity index (χ4n) is 4.43. The molecule has 8 unspecified atom stereocenters. The predicted molar refractivity (Wildman–Crippen MR) is 55.9 cm³/mol. The third-order valence-corrected chi connectivity index (χ3v) is 5.16. The molecule has 6 rings (SSSR count). The van der Waals surface area contributed by atoms with Gasteiger partial charge in [0.05, 0.1) is 17.8 Å². The molecule has 3 aliphatic carbocycles. The van der Waals surface area contributed by atoms with Gasteiger partial charge in [0, 0.05) is 11.8 Å². The minimum Gasteiger partial charge on any atom is -0.433 e. The zero-order valence-corrected chi connectivity index (χ0v) is 9.72. The van der Waals surface area contributed by atoms with E-state index >= 15 is 0 Å². The summed E-state index contributed by atoms with van der Waals surface area (Å²) in [5, 5.41) is 0. The summed E-state index contributed by atoms with van der Waals surface area (Å²) in [4.78, 5) is 35.7. The molecule has 0 N–H and O–H groups in total. The maximum Gasteiger partial charge on any atom is 0.318 e. The molecule has 0 radical (unpaired) electrons. The Labute approximate surface area is 107 Å². The Morgan fingerprint density at radius 3 is 2.32 bits per heavy atom. The maximum atomic E-state index is 12.1. The lowest BCUT2D eigenvalue weighted by molar-refractivity contribution is -0.168. The average molecular weight is 262 g/mol. The van der Waals surface area contributed by atoms with Gasteiger partial charge in [-0.15, -0.1) is 0 Å². The molecule has 4 fully saturated rings. The molecule has 0 aromatic rings. The van der Waals surface area contributed by atoms with Crippen molar-refractivity contribution >= 4 is 17.9 Å². The molecule has 0 aromatic carbocycles. The summed E-state index contributed by atoms with van der Waals surface area (Å²) in [5.41, 5.74) is 0. The summed E-state index contributed by atoms with van der Waals surface area (Å²) in [6, 6.07) is 0. The van der Waals surface area contributed by atoms with E-state index in [0.717, 1.165) is 0 Å². The number of esters is 3. The highest BCUT2D eigenvalue weighted by Gasteiger charge is 2.70. The van der Waals surface area contributed by atoms with Gasteiger partial charge < -0.3 is 14.2 Å². The molecular weight excluding hydrogens is 252 g/mol. The van der Waals surface area contributed by atoms with Crippen molar-refractivity contribution in [1.82, 2.24) is 0 Å². The summed E-state index contributed by atoms with van der Waals surface area (Å²) in [6.45, 7) is 0. The molecule has 3 heterocycles. The molecule has 1 saturated carbocycles. The van der Waals surface area contributed by atoms with Crippen molar-refractivity contribution in [2.45, 2.75) is 12.4 Å². The predicted octanol–water partition coefficient (Wildman–Crippen LogP) is -0.368. The topological polar surface area (TPSA) is 82.2 Å². The van der Waals surface area contributed by atoms with Crippen molar-refractivity contribution in [2.24, 2.45) is 35.5 Å². The minimum atomic E-state index is -0.522. The molecule has 8 atom stereocenters. The van der Waals surface area contributed by atoms with Crippen LogP contribution in [0.15, 0.2) is 12.2 Å². The number of carbonyl (C=O) groups is 3. The van der Waals surface area contributed by atoms with Crippen LogP contribution in [0.2, 0.25) is 0 Å². The standard InChI is InChI=1S/C13H10O6/c14-10-7-3-1-2-4(8(7)11(15)18-10)6-5(3)9-13(17-9)19-12(6)16/h1-9,13H. The molecule has 3 saturated heterocycles. The van der Waals surface area contributed by atoms with Gasteiger partial charge in [0.15, 0.2) is 0 Å². The number of fused-ring (bicyclic) bond motifs is 1. The zero-order valence-electron chi connectivity index (χ0n) is 9.72. The van der Waals surface area contributed by atoms with E-state index in [9.17, 15) is 14.4 Å². The summed E-state index contributed by atoms with van der Waals surface area (Å²) < 4.78 is 15.3. The lowest BCUT2D eigenvalue weighted by Gasteiger charge is -2.48. The van der Waals surface area contributed by atoms with Crippen molar-refractivity contribution in [3.05, 3.63) is 12.2 Å². The second-order valence-electron chi connectivity index (χ2n) is 5.84. The van der Waals surface area contributed by atoms with E-state index in [1.165, 1.54) is 0 Å². The van der Waals surface area contributed by atoms with E-state index in [0.29, 0.717) is 0 Å². The van der Waals surface area contributed by atoms with Crippen molar-refractivity contribution < 1.29 is 28.6 Å². The summed E-state index contributed by atoms with van der Waals surface area (Å²) in [6.07, 6.45) is 3.25. The van der Waals surface area contributed by atoms with E-state index in [-0.39, 0.29) is 35.7 Å². The van der Waals surface area contributed by atoms with Gasteiger partial charge in [0.1, 0.15) is 6.10 Å². The second kappa shape index (κ2) is 2.90. The highest BCUT2D eigenvalue weighted by molar-refractivity contribution is 5.98. The van der Waals surface area contributed by atoms with Gasteiger partial charge in [0.25, 0.3) is 0 Å². The number of hydrogen-bond acceptors (Lipinski definition) is 6. The van der Waals surface area contributed by atoms with Crippen molar-refractivity contribution in [1.29, 1.82) is 0 Å². The normalized spacial score (nSPS) is 56.1. The Hall–Kier alpha value is -1.69. The van der Waals surface area contributed by atoms with Crippen LogP contribution in [0.3, 0.4) is 0 Å². The third-order valence-electron chi connectivity index (χ3n) is 5.16. The molecule has 2 bridgehead atoms. The first-order valence-electron chi connectivity index (χ1n) is 6.46. The third kappa shape index (κ3) is 1.02. The van der Waals surface area contributed by atoms with Crippen LogP contribution >= 0.6 is 0 Å². The van der Waals surface area contributed by atoms with Gasteiger partial charge >= 0.3 is 17.9 Å². The number of hydrogen-bond donors (Lipinski definition) is 0. The molecule has 0 amide bonds. The zero-order chi connectivity index (χ0) is 12.9. The van der Waals surface area contributed by atoms with E-state index in [2.05, 4.69) is 0 Å². The second-order valence-corrected chi connectivity index (χ2v) is 5.84. The lowest BCUT2D eigenvalue weighted by atomic mass is 9.52. The van der Waals surface area contributed by atoms with Crippen LogP contribution < -0.4 is 0 Å². The van der Waals surface area contributed by atoms with Crippen molar-refractivity contribution in [3.63, 3.8) is 0 Å². The molecule has 6 heteroatoms. The molecule has 6 nitrogen and oxygen atoms in total. The van der Waals surface area contributed by atoms with Gasteiger partial charge in [-0.25, -0.2) is 0 Å². The van der Waals surface area contributed by atoms with Gasteiger partial charge in [-0.2, -0.15) is 0 Å². The van der Waals surface area contributed by atoms with Crippen molar-refractivity contribution in [3.8, 4) is 0 Å². The van der Waals surface area contributed by atoms with Gasteiger partial charge in [0.2, 0.25) is 6.29 Å². The van der Waals surface area contributed by atoms with Gasteiger partial charge in [-0.1, -0.05) is 12.2 Å². The molecule has 3 aliphatic heterocycles. The van der Waals surface area contributed by atoms with Crippen LogP contribution in [-0.2, 0) is 28.6 Å². The van der Waals surface area contributed by atoms with Crippen LogP contribution in [0.25, 0.3) is 0 Å². The van der Waals surface area contributed by atoms with Crippen LogP contribution in [0.5, 0.6) is 0 Å². The van der Waals surface area contributed by atoms with Gasteiger partial charge in [-0.05, 0) is 5.92 Å². The molecule has 6 aliphatic rings. The van der Waals surface area contributed by atoms with E-state index in [1.807, 2.05) is 12.2 Å². The smallest absolute Gasteiger partial charge is 0.318 e. The molecule has 19 heavy (non-hydrogen) atoms. The SMILES string of the molecule is O=C1OC(=O)C2C3C=CC(C12)C1C(=O)OC2OC2C31. The minimum absolute atomic E-state index is 0.0547. The molecule has 98 valence electrons. The van der Waals surface area contributed by atoms with E-state index in [4.69, 9.17) is 14.2 Å². The maximum absolute atomic E-state index is 12.1. The van der Waals surface area contributed by atoms with Crippen LogP contribution in [0.1, 0.15) is 0 Å². The quantitative estimate of drug-likeness (QED) is 0.256. The van der Waals surface area contributed by atoms with Gasteiger partial charge in [-0.3, -0.25) is 14.4 Å². The number of epoxide rings is 1. The Bertz CT molecular complexity index is 565. The number of carbonyl (C=O) groups excluding carboxylic acids is 3.